The summed E-state index contributed by atoms with van der Waals surface area (Å²) in [5.41, 5.74) is 8.58. The Morgan fingerprint density at radius 2 is 1.61 bits per heavy atom. The lowest BCUT2D eigenvalue weighted by Gasteiger charge is -2.38. The summed E-state index contributed by atoms with van der Waals surface area (Å²) >= 11 is 0. The number of allylic oxidation sites excluding steroid dienone is 2. The average Bonchev–Trinajstić information content (AvgIpc) is 3.24. The van der Waals surface area contributed by atoms with Gasteiger partial charge in [-0.3, -0.25) is 4.72 Å². The molecule has 0 spiro atoms. The van der Waals surface area contributed by atoms with Crippen LogP contribution < -0.4 is 10.0 Å². The number of rotatable bonds is 4. The van der Waals surface area contributed by atoms with Crippen molar-refractivity contribution in [3.8, 4) is 0 Å². The molecule has 1 aliphatic carbocycles. The molecule has 0 radical (unpaired) electrons. The number of fused-ring (bicyclic) bond motifs is 3. The molecule has 1 heterocycles. The van der Waals surface area contributed by atoms with Gasteiger partial charge in [-0.25, -0.2) is 8.42 Å². The van der Waals surface area contributed by atoms with Gasteiger partial charge in [0.1, 0.15) is 0 Å². The topological polar surface area (TPSA) is 58.2 Å². The lowest BCUT2D eigenvalue weighted by atomic mass is 9.76. The van der Waals surface area contributed by atoms with Crippen LogP contribution in [-0.2, 0) is 10.0 Å². The van der Waals surface area contributed by atoms with Gasteiger partial charge in [0.15, 0.2) is 0 Å². The van der Waals surface area contributed by atoms with Gasteiger partial charge in [0.05, 0.1) is 10.9 Å². The Hall–Kier alpha value is -3.05. The maximum Gasteiger partial charge on any atom is 0.261 e. The van der Waals surface area contributed by atoms with E-state index in [9.17, 15) is 8.42 Å². The largest absolute Gasteiger partial charge is 0.378 e. The first kappa shape index (κ1) is 21.8. The second kappa shape index (κ2) is 8.07. The van der Waals surface area contributed by atoms with E-state index >= 15 is 0 Å². The highest BCUT2D eigenvalue weighted by atomic mass is 32.2. The number of aryl methyl sites for hydroxylation is 4. The highest BCUT2D eigenvalue weighted by molar-refractivity contribution is 7.92. The summed E-state index contributed by atoms with van der Waals surface area (Å²) in [4.78, 5) is 0.298. The van der Waals surface area contributed by atoms with Gasteiger partial charge in [0.2, 0.25) is 0 Å². The maximum absolute atomic E-state index is 13.2. The number of benzene rings is 3. The van der Waals surface area contributed by atoms with E-state index in [0.29, 0.717) is 16.5 Å². The molecule has 0 unspecified atom stereocenters. The van der Waals surface area contributed by atoms with Crippen molar-refractivity contribution < 1.29 is 8.42 Å². The fraction of sp³-hybridized carbons (Fsp3) is 0.286. The number of nitrogens with one attached hydrogen (secondary N) is 2. The molecule has 0 bridgehead atoms. The molecule has 2 N–H and O–H groups in total. The first-order valence-corrected chi connectivity index (χ1v) is 12.9. The maximum atomic E-state index is 13.2. The molecule has 1 aliphatic heterocycles. The lowest BCUT2D eigenvalue weighted by molar-refractivity contribution is 0.424. The Labute approximate surface area is 196 Å². The van der Waals surface area contributed by atoms with Crippen molar-refractivity contribution in [3.63, 3.8) is 0 Å². The fourth-order valence-electron chi connectivity index (χ4n) is 5.39. The molecular formula is C28H30N2O2S. The van der Waals surface area contributed by atoms with Crippen LogP contribution in [0.5, 0.6) is 0 Å². The van der Waals surface area contributed by atoms with E-state index < -0.39 is 10.0 Å². The standard InChI is InChI=1S/C28H30N2O2S/c1-17-8-9-20(4)25(15-17)28-24-7-5-6-23(24)26-16-22(10-11-27(26)29-28)33(31,32)30-21-13-18(2)12-19(3)14-21/h5-6,8-16,23-24,28-30H,7H2,1-4H3/t23-,24+,28-/m0/s1. The Balaban J connectivity index is 1.51. The third-order valence-corrected chi connectivity index (χ3v) is 8.27. The highest BCUT2D eigenvalue weighted by Crippen LogP contribution is 2.50. The van der Waals surface area contributed by atoms with Gasteiger partial charge in [0.25, 0.3) is 10.0 Å². The number of anilines is 2. The van der Waals surface area contributed by atoms with E-state index in [4.69, 9.17) is 0 Å². The highest BCUT2D eigenvalue weighted by Gasteiger charge is 2.39. The predicted molar refractivity (Wildman–Crippen MR) is 135 cm³/mol. The van der Waals surface area contributed by atoms with Crippen LogP contribution >= 0.6 is 0 Å². The van der Waals surface area contributed by atoms with Crippen LogP contribution in [0.15, 0.2) is 71.6 Å². The van der Waals surface area contributed by atoms with Crippen molar-refractivity contribution in [2.75, 3.05) is 10.0 Å². The van der Waals surface area contributed by atoms with Gasteiger partial charge in [0, 0.05) is 17.3 Å². The summed E-state index contributed by atoms with van der Waals surface area (Å²) in [6.45, 7) is 8.23. The normalized spacial score (nSPS) is 21.3. The van der Waals surface area contributed by atoms with E-state index in [1.165, 1.54) is 16.7 Å². The van der Waals surface area contributed by atoms with Crippen LogP contribution in [0.4, 0.5) is 11.4 Å². The first-order valence-electron chi connectivity index (χ1n) is 11.5. The Morgan fingerprint density at radius 3 is 2.36 bits per heavy atom. The fourth-order valence-corrected chi connectivity index (χ4v) is 6.47. The summed E-state index contributed by atoms with van der Waals surface area (Å²) in [5, 5.41) is 3.74. The molecule has 0 fully saturated rings. The van der Waals surface area contributed by atoms with Crippen molar-refractivity contribution >= 4 is 21.4 Å². The summed E-state index contributed by atoms with van der Waals surface area (Å²) in [6, 6.07) is 18.0. The van der Waals surface area contributed by atoms with Gasteiger partial charge in [-0.2, -0.15) is 0 Å². The molecule has 3 aromatic rings. The molecule has 4 nitrogen and oxygen atoms in total. The smallest absolute Gasteiger partial charge is 0.261 e. The predicted octanol–water partition coefficient (Wildman–Crippen LogP) is 6.55. The van der Waals surface area contributed by atoms with E-state index in [-0.39, 0.29) is 12.0 Å². The van der Waals surface area contributed by atoms with Crippen LogP contribution in [0.25, 0.3) is 0 Å². The van der Waals surface area contributed by atoms with E-state index in [0.717, 1.165) is 28.8 Å². The molecular weight excluding hydrogens is 428 g/mol. The second-order valence-electron chi connectivity index (χ2n) is 9.57. The van der Waals surface area contributed by atoms with Gasteiger partial charge in [-0.1, -0.05) is 42.0 Å². The molecule has 5 heteroatoms. The van der Waals surface area contributed by atoms with Gasteiger partial charge in [-0.05, 0) is 98.2 Å². The van der Waals surface area contributed by atoms with E-state index in [2.05, 4.69) is 54.2 Å². The van der Waals surface area contributed by atoms with Crippen LogP contribution in [-0.4, -0.2) is 8.42 Å². The summed E-state index contributed by atoms with van der Waals surface area (Å²) < 4.78 is 29.2. The molecule has 0 saturated carbocycles. The van der Waals surface area contributed by atoms with Crippen molar-refractivity contribution in [3.05, 3.63) is 100 Å². The number of hydrogen-bond donors (Lipinski definition) is 2. The SMILES string of the molecule is Cc1cc(C)cc(NS(=O)(=O)c2ccc3c(c2)[C@H]2C=CC[C@H]2[C@@H](c2cc(C)ccc2C)N3)c1. The lowest BCUT2D eigenvalue weighted by Crippen LogP contribution is -2.30. The summed E-state index contributed by atoms with van der Waals surface area (Å²) in [6.07, 6.45) is 5.46. The number of hydrogen-bond acceptors (Lipinski definition) is 3. The van der Waals surface area contributed by atoms with Crippen LogP contribution in [0, 0.1) is 33.6 Å². The molecule has 5 rings (SSSR count). The van der Waals surface area contributed by atoms with E-state index in [1.807, 2.05) is 44.2 Å². The molecule has 3 atom stereocenters. The van der Waals surface area contributed by atoms with Crippen molar-refractivity contribution in [2.45, 2.75) is 51.0 Å². The van der Waals surface area contributed by atoms with Crippen LogP contribution in [0.2, 0.25) is 0 Å². The van der Waals surface area contributed by atoms with Crippen LogP contribution in [0.3, 0.4) is 0 Å². The molecule has 33 heavy (non-hydrogen) atoms. The first-order chi connectivity index (χ1) is 15.7. The van der Waals surface area contributed by atoms with Crippen molar-refractivity contribution in [1.82, 2.24) is 0 Å². The van der Waals surface area contributed by atoms with E-state index in [1.54, 1.807) is 6.07 Å². The average molecular weight is 459 g/mol. The van der Waals surface area contributed by atoms with Gasteiger partial charge < -0.3 is 5.32 Å². The number of sulfonamides is 1. The molecule has 3 aromatic carbocycles. The van der Waals surface area contributed by atoms with Crippen LogP contribution in [0.1, 0.15) is 51.8 Å². The Bertz CT molecular complexity index is 1350. The molecule has 170 valence electrons. The van der Waals surface area contributed by atoms with Gasteiger partial charge in [-0.15, -0.1) is 0 Å². The molecule has 0 saturated heterocycles. The molecule has 0 aromatic heterocycles. The zero-order chi connectivity index (χ0) is 23.3. The Morgan fingerprint density at radius 1 is 0.848 bits per heavy atom. The minimum Gasteiger partial charge on any atom is -0.378 e. The monoisotopic (exact) mass is 458 g/mol. The zero-order valence-corrected chi connectivity index (χ0v) is 20.3. The third-order valence-electron chi connectivity index (χ3n) is 6.89. The minimum atomic E-state index is -3.69. The zero-order valence-electron chi connectivity index (χ0n) is 19.5. The summed E-state index contributed by atoms with van der Waals surface area (Å²) in [7, 11) is -3.69. The summed E-state index contributed by atoms with van der Waals surface area (Å²) in [5.74, 6) is 0.561. The third kappa shape index (κ3) is 4.06. The van der Waals surface area contributed by atoms with Crippen molar-refractivity contribution in [1.29, 1.82) is 0 Å². The minimum absolute atomic E-state index is 0.197. The molecule has 0 amide bonds. The molecule has 2 aliphatic rings. The second-order valence-corrected chi connectivity index (χ2v) is 11.2. The van der Waals surface area contributed by atoms with Gasteiger partial charge >= 0.3 is 0 Å². The van der Waals surface area contributed by atoms with Crippen molar-refractivity contribution in [2.24, 2.45) is 5.92 Å². The quantitative estimate of drug-likeness (QED) is 0.436. The Kier molecular flexibility index (Phi) is 5.32.